The Morgan fingerprint density at radius 3 is 2.33 bits per heavy atom. The molecule has 0 radical (unpaired) electrons. The van der Waals surface area contributed by atoms with Gasteiger partial charge in [0.1, 0.15) is 18.4 Å². The second-order valence-corrected chi connectivity index (χ2v) is 10.5. The summed E-state index contributed by atoms with van der Waals surface area (Å²) in [5.41, 5.74) is 1.77. The van der Waals surface area contributed by atoms with E-state index in [1.807, 2.05) is 31.2 Å². The standard InChI is InChI=1S/C26H27ClFN3O4S/c1-18-8-7-9-20(14-18)16-30(19(2)26(33)29-3)25(32)17-31(21-12-13-24(28)23(27)15-21)36(34,35)22-10-5-4-6-11-22/h4-15,19H,16-17H2,1-3H3,(H,29,33)/t19-/m1/s1. The Labute approximate surface area is 215 Å². The van der Waals surface area contributed by atoms with Gasteiger partial charge in [-0.15, -0.1) is 0 Å². The van der Waals surface area contributed by atoms with Crippen LogP contribution in [0.2, 0.25) is 5.02 Å². The first kappa shape index (κ1) is 27.2. The molecule has 0 saturated carbocycles. The van der Waals surface area contributed by atoms with E-state index < -0.39 is 40.2 Å². The summed E-state index contributed by atoms with van der Waals surface area (Å²) in [4.78, 5) is 27.4. The van der Waals surface area contributed by atoms with Crippen LogP contribution in [0.3, 0.4) is 0 Å². The molecule has 2 amide bonds. The zero-order chi connectivity index (χ0) is 26.5. The van der Waals surface area contributed by atoms with Gasteiger partial charge in [0.2, 0.25) is 11.8 Å². The SMILES string of the molecule is CNC(=O)[C@@H](C)N(Cc1cccc(C)c1)C(=O)CN(c1ccc(F)c(Cl)c1)S(=O)(=O)c1ccccc1. The fourth-order valence-electron chi connectivity index (χ4n) is 3.69. The van der Waals surface area contributed by atoms with Crippen molar-refractivity contribution in [3.63, 3.8) is 0 Å². The Morgan fingerprint density at radius 1 is 1.03 bits per heavy atom. The van der Waals surface area contributed by atoms with Gasteiger partial charge >= 0.3 is 0 Å². The van der Waals surface area contributed by atoms with Gasteiger partial charge in [-0.2, -0.15) is 0 Å². The highest BCUT2D eigenvalue weighted by atomic mass is 35.5. The van der Waals surface area contributed by atoms with E-state index in [2.05, 4.69) is 5.32 Å². The normalized spacial score (nSPS) is 12.0. The second kappa shape index (κ2) is 11.5. The highest BCUT2D eigenvalue weighted by molar-refractivity contribution is 7.92. The van der Waals surface area contributed by atoms with Crippen molar-refractivity contribution in [2.75, 3.05) is 17.9 Å². The zero-order valence-electron chi connectivity index (χ0n) is 20.1. The van der Waals surface area contributed by atoms with Crippen molar-refractivity contribution < 1.29 is 22.4 Å². The monoisotopic (exact) mass is 531 g/mol. The summed E-state index contributed by atoms with van der Waals surface area (Å²) < 4.78 is 41.9. The number of carbonyl (C=O) groups excluding carboxylic acids is 2. The van der Waals surface area contributed by atoms with Gasteiger partial charge in [0, 0.05) is 13.6 Å². The predicted molar refractivity (Wildman–Crippen MR) is 138 cm³/mol. The van der Waals surface area contributed by atoms with Gasteiger partial charge in [0.05, 0.1) is 15.6 Å². The number of likely N-dealkylation sites (N-methyl/N-ethyl adjacent to an activating group) is 1. The first-order valence-electron chi connectivity index (χ1n) is 11.1. The summed E-state index contributed by atoms with van der Waals surface area (Å²) in [5, 5.41) is 2.24. The van der Waals surface area contributed by atoms with Crippen molar-refractivity contribution >= 4 is 39.1 Å². The van der Waals surface area contributed by atoms with E-state index in [9.17, 15) is 22.4 Å². The lowest BCUT2D eigenvalue weighted by molar-refractivity contribution is -0.139. The Morgan fingerprint density at radius 2 is 1.72 bits per heavy atom. The molecule has 190 valence electrons. The molecule has 3 aromatic carbocycles. The van der Waals surface area contributed by atoms with Crippen molar-refractivity contribution in [3.05, 3.63) is 94.8 Å². The van der Waals surface area contributed by atoms with Crippen LogP contribution in [0.4, 0.5) is 10.1 Å². The molecule has 0 aliphatic carbocycles. The number of hydrogen-bond donors (Lipinski definition) is 1. The van der Waals surface area contributed by atoms with Crippen LogP contribution in [0.1, 0.15) is 18.1 Å². The van der Waals surface area contributed by atoms with Gasteiger partial charge in [-0.25, -0.2) is 12.8 Å². The molecule has 10 heteroatoms. The lowest BCUT2D eigenvalue weighted by Gasteiger charge is -2.32. The van der Waals surface area contributed by atoms with Gasteiger partial charge in [0.15, 0.2) is 0 Å². The number of aryl methyl sites for hydroxylation is 1. The molecular formula is C26H27ClFN3O4S. The van der Waals surface area contributed by atoms with E-state index in [-0.39, 0.29) is 22.2 Å². The topological polar surface area (TPSA) is 86.8 Å². The maximum atomic E-state index is 13.9. The molecular weight excluding hydrogens is 505 g/mol. The summed E-state index contributed by atoms with van der Waals surface area (Å²) >= 11 is 5.94. The molecule has 0 fully saturated rings. The molecule has 0 aromatic heterocycles. The molecule has 0 aliphatic rings. The van der Waals surface area contributed by atoms with Crippen LogP contribution < -0.4 is 9.62 Å². The number of benzene rings is 3. The van der Waals surface area contributed by atoms with E-state index in [0.717, 1.165) is 27.6 Å². The van der Waals surface area contributed by atoms with Crippen LogP contribution in [0.5, 0.6) is 0 Å². The maximum Gasteiger partial charge on any atom is 0.264 e. The molecule has 0 saturated heterocycles. The van der Waals surface area contributed by atoms with Crippen LogP contribution >= 0.6 is 11.6 Å². The van der Waals surface area contributed by atoms with Crippen LogP contribution in [0, 0.1) is 12.7 Å². The van der Waals surface area contributed by atoms with Crippen LogP contribution in [-0.4, -0.2) is 44.8 Å². The number of halogens is 2. The quantitative estimate of drug-likeness (QED) is 0.449. The largest absolute Gasteiger partial charge is 0.357 e. The molecule has 0 aliphatic heterocycles. The van der Waals surface area contributed by atoms with Gasteiger partial charge in [-0.3, -0.25) is 13.9 Å². The van der Waals surface area contributed by atoms with Crippen LogP contribution in [-0.2, 0) is 26.2 Å². The van der Waals surface area contributed by atoms with Gasteiger partial charge in [-0.05, 0) is 49.7 Å². The van der Waals surface area contributed by atoms with E-state index in [1.165, 1.54) is 30.1 Å². The Kier molecular flexibility index (Phi) is 8.70. The van der Waals surface area contributed by atoms with E-state index >= 15 is 0 Å². The third-order valence-electron chi connectivity index (χ3n) is 5.65. The molecule has 1 atom stereocenters. The summed E-state index contributed by atoms with van der Waals surface area (Å²) in [6.45, 7) is 2.92. The summed E-state index contributed by atoms with van der Waals surface area (Å²) in [6, 6.07) is 17.6. The maximum absolute atomic E-state index is 13.9. The minimum Gasteiger partial charge on any atom is -0.357 e. The Bertz CT molecular complexity index is 1350. The zero-order valence-corrected chi connectivity index (χ0v) is 21.7. The highest BCUT2D eigenvalue weighted by Crippen LogP contribution is 2.28. The van der Waals surface area contributed by atoms with Crippen molar-refractivity contribution in [2.24, 2.45) is 0 Å². The lowest BCUT2D eigenvalue weighted by Crippen LogP contribution is -2.50. The number of anilines is 1. The van der Waals surface area contributed by atoms with Gasteiger partial charge in [-0.1, -0.05) is 59.6 Å². The summed E-state index contributed by atoms with van der Waals surface area (Å²) in [5.74, 6) is -1.75. The van der Waals surface area contributed by atoms with Crippen molar-refractivity contribution in [1.82, 2.24) is 10.2 Å². The second-order valence-electron chi connectivity index (χ2n) is 8.22. The van der Waals surface area contributed by atoms with Crippen molar-refractivity contribution in [1.29, 1.82) is 0 Å². The fourth-order valence-corrected chi connectivity index (χ4v) is 5.29. The molecule has 3 rings (SSSR count). The minimum atomic E-state index is -4.24. The smallest absolute Gasteiger partial charge is 0.264 e. The van der Waals surface area contributed by atoms with Gasteiger partial charge in [0.25, 0.3) is 10.0 Å². The minimum absolute atomic E-state index is 0.0155. The number of carbonyl (C=O) groups is 2. The molecule has 0 heterocycles. The van der Waals surface area contributed by atoms with E-state index in [1.54, 1.807) is 25.1 Å². The van der Waals surface area contributed by atoms with Crippen molar-refractivity contribution in [3.8, 4) is 0 Å². The third-order valence-corrected chi connectivity index (χ3v) is 7.73. The molecule has 0 spiro atoms. The number of hydrogen-bond acceptors (Lipinski definition) is 4. The molecule has 36 heavy (non-hydrogen) atoms. The number of sulfonamides is 1. The first-order valence-corrected chi connectivity index (χ1v) is 13.0. The third kappa shape index (κ3) is 6.22. The Balaban J connectivity index is 2.05. The van der Waals surface area contributed by atoms with Crippen LogP contribution in [0.25, 0.3) is 0 Å². The molecule has 7 nitrogen and oxygen atoms in total. The average molecular weight is 532 g/mol. The number of rotatable bonds is 9. The number of nitrogens with zero attached hydrogens (tertiary/aromatic N) is 2. The molecule has 0 bridgehead atoms. The molecule has 3 aromatic rings. The Hall–Kier alpha value is -3.43. The fraction of sp³-hybridized carbons (Fsp3) is 0.231. The average Bonchev–Trinajstić information content (AvgIpc) is 2.87. The number of amides is 2. The summed E-state index contributed by atoms with van der Waals surface area (Å²) in [7, 11) is -2.78. The van der Waals surface area contributed by atoms with Gasteiger partial charge < -0.3 is 10.2 Å². The first-order chi connectivity index (χ1) is 17.0. The van der Waals surface area contributed by atoms with Crippen LogP contribution in [0.15, 0.2) is 77.7 Å². The van der Waals surface area contributed by atoms with E-state index in [0.29, 0.717) is 0 Å². The van der Waals surface area contributed by atoms with Crippen molar-refractivity contribution in [2.45, 2.75) is 31.3 Å². The molecule has 1 N–H and O–H groups in total. The highest BCUT2D eigenvalue weighted by Gasteiger charge is 2.32. The lowest BCUT2D eigenvalue weighted by atomic mass is 10.1. The van der Waals surface area contributed by atoms with E-state index in [4.69, 9.17) is 11.6 Å². The number of nitrogens with one attached hydrogen (secondary N) is 1. The molecule has 0 unspecified atom stereocenters. The summed E-state index contributed by atoms with van der Waals surface area (Å²) in [6.07, 6.45) is 0. The predicted octanol–water partition coefficient (Wildman–Crippen LogP) is 4.15.